The Morgan fingerprint density at radius 1 is 0.824 bits per heavy atom. The van der Waals surface area contributed by atoms with E-state index in [0.29, 0.717) is 16.6 Å². The lowest BCUT2D eigenvalue weighted by Crippen LogP contribution is -2.19. The van der Waals surface area contributed by atoms with Gasteiger partial charge in [0.2, 0.25) is 0 Å². The molecular weight excluding hydrogens is 438 g/mol. The summed E-state index contributed by atoms with van der Waals surface area (Å²) in [5.41, 5.74) is 1.80. The third-order valence-electron chi connectivity index (χ3n) is 5.73. The molecule has 1 aromatic heterocycles. The summed E-state index contributed by atoms with van der Waals surface area (Å²) in [4.78, 5) is 36.8. The molecule has 2 heterocycles. The van der Waals surface area contributed by atoms with Gasteiger partial charge < -0.3 is 10.2 Å². The Morgan fingerprint density at radius 2 is 1.62 bits per heavy atom. The molecule has 0 aliphatic carbocycles. The Bertz CT molecular complexity index is 1420. The molecule has 1 N–H and O–H groups in total. The van der Waals surface area contributed by atoms with Crippen LogP contribution in [0, 0.1) is 11.6 Å². The first-order chi connectivity index (χ1) is 16.5. The van der Waals surface area contributed by atoms with Gasteiger partial charge in [-0.3, -0.25) is 14.6 Å². The monoisotopic (exact) mass is 458 g/mol. The topological polar surface area (TPSA) is 75.2 Å². The summed E-state index contributed by atoms with van der Waals surface area (Å²) in [6.07, 6.45) is 3.95. The van der Waals surface area contributed by atoms with Gasteiger partial charge in [-0.05, 0) is 67.4 Å². The molecule has 1 aliphatic heterocycles. The summed E-state index contributed by atoms with van der Waals surface area (Å²) in [7, 11) is 0. The van der Waals surface area contributed by atoms with Crippen LogP contribution in [0.3, 0.4) is 0 Å². The first-order valence-electron chi connectivity index (χ1n) is 10.9. The number of amides is 1. The predicted octanol–water partition coefficient (Wildman–Crippen LogP) is 4.99. The number of carbonyl (C=O) groups is 2. The zero-order chi connectivity index (χ0) is 23.7. The van der Waals surface area contributed by atoms with Gasteiger partial charge in [0.05, 0.1) is 17.2 Å². The summed E-state index contributed by atoms with van der Waals surface area (Å²) in [5.74, 6) is -1.51. The van der Waals surface area contributed by atoms with Gasteiger partial charge in [-0.1, -0.05) is 6.07 Å². The number of benzene rings is 3. The number of aromatic nitrogens is 2. The molecule has 4 aromatic rings. The molecule has 1 saturated heterocycles. The Labute approximate surface area is 194 Å². The normalized spacial score (nSPS) is 13.3. The van der Waals surface area contributed by atoms with Crippen LogP contribution in [0.1, 0.15) is 39.1 Å². The van der Waals surface area contributed by atoms with E-state index in [-0.39, 0.29) is 16.8 Å². The predicted molar refractivity (Wildman–Crippen MR) is 125 cm³/mol. The van der Waals surface area contributed by atoms with Crippen molar-refractivity contribution in [1.82, 2.24) is 9.97 Å². The zero-order valence-corrected chi connectivity index (χ0v) is 18.1. The Kier molecular flexibility index (Phi) is 5.71. The number of nitrogens with zero attached hydrogens (tertiary/aromatic N) is 3. The maximum absolute atomic E-state index is 14.3. The van der Waals surface area contributed by atoms with E-state index < -0.39 is 23.3 Å². The van der Waals surface area contributed by atoms with E-state index in [2.05, 4.69) is 20.2 Å². The van der Waals surface area contributed by atoms with Crippen LogP contribution in [-0.2, 0) is 0 Å². The number of nitrogens with one attached hydrogen (secondary N) is 1. The van der Waals surface area contributed by atoms with Crippen LogP contribution in [0.5, 0.6) is 0 Å². The minimum atomic E-state index is -0.683. The standard InChI is InChI=1S/C26H20F2N4O2/c27-19-5-3-4-17(10-19)26(34)30-21-12-18(11-20(28)14-21)25(33)16-6-7-22-23(13-16)31-24(15-29-22)32-8-1-2-9-32/h3-7,10-15H,1-2,8-9H2,(H,30,34). The molecule has 34 heavy (non-hydrogen) atoms. The van der Waals surface area contributed by atoms with Gasteiger partial charge in [-0.15, -0.1) is 0 Å². The maximum Gasteiger partial charge on any atom is 0.255 e. The molecule has 0 saturated carbocycles. The van der Waals surface area contributed by atoms with Gasteiger partial charge in [-0.25, -0.2) is 13.8 Å². The fraction of sp³-hybridized carbons (Fsp3) is 0.154. The fourth-order valence-corrected chi connectivity index (χ4v) is 4.03. The number of ketones is 1. The van der Waals surface area contributed by atoms with Gasteiger partial charge in [0.15, 0.2) is 5.78 Å². The molecule has 5 rings (SSSR count). The Morgan fingerprint density at radius 3 is 2.41 bits per heavy atom. The fourth-order valence-electron chi connectivity index (χ4n) is 4.03. The highest BCUT2D eigenvalue weighted by Gasteiger charge is 2.17. The minimum Gasteiger partial charge on any atom is -0.355 e. The molecule has 0 bridgehead atoms. The summed E-state index contributed by atoms with van der Waals surface area (Å²) in [6.45, 7) is 1.85. The number of anilines is 2. The van der Waals surface area contributed by atoms with Gasteiger partial charge in [-0.2, -0.15) is 0 Å². The van der Waals surface area contributed by atoms with E-state index in [0.717, 1.165) is 49.9 Å². The van der Waals surface area contributed by atoms with Crippen LogP contribution in [0.25, 0.3) is 11.0 Å². The molecule has 8 heteroatoms. The summed E-state index contributed by atoms with van der Waals surface area (Å²) < 4.78 is 27.7. The SMILES string of the molecule is O=C(Nc1cc(F)cc(C(=O)c2ccc3ncc(N4CCCC4)nc3c2)c1)c1cccc(F)c1. The molecule has 0 atom stereocenters. The lowest BCUT2D eigenvalue weighted by molar-refractivity contribution is 0.102. The largest absolute Gasteiger partial charge is 0.355 e. The van der Waals surface area contributed by atoms with E-state index in [1.54, 1.807) is 24.4 Å². The molecule has 0 spiro atoms. The number of hydrogen-bond donors (Lipinski definition) is 1. The van der Waals surface area contributed by atoms with Crippen LogP contribution in [-0.4, -0.2) is 34.7 Å². The van der Waals surface area contributed by atoms with Crippen molar-refractivity contribution in [1.29, 1.82) is 0 Å². The van der Waals surface area contributed by atoms with Gasteiger partial charge >= 0.3 is 0 Å². The Hall–Kier alpha value is -4.20. The van der Waals surface area contributed by atoms with Gasteiger partial charge in [0.1, 0.15) is 17.5 Å². The molecule has 1 aliphatic rings. The second kappa shape index (κ2) is 8.97. The molecule has 6 nitrogen and oxygen atoms in total. The van der Waals surface area contributed by atoms with Crippen molar-refractivity contribution in [2.45, 2.75) is 12.8 Å². The second-order valence-corrected chi connectivity index (χ2v) is 8.15. The highest BCUT2D eigenvalue weighted by molar-refractivity contribution is 6.11. The lowest BCUT2D eigenvalue weighted by atomic mass is 10.0. The van der Waals surface area contributed by atoms with Crippen LogP contribution in [0.15, 0.2) is 66.9 Å². The molecule has 3 aromatic carbocycles. The highest BCUT2D eigenvalue weighted by Crippen LogP contribution is 2.23. The van der Waals surface area contributed by atoms with Gasteiger partial charge in [0, 0.05) is 35.5 Å². The van der Waals surface area contributed by atoms with Crippen molar-refractivity contribution in [2.75, 3.05) is 23.3 Å². The maximum atomic E-state index is 14.3. The van der Waals surface area contributed by atoms with Crippen molar-refractivity contribution >= 4 is 34.2 Å². The molecule has 170 valence electrons. The molecule has 1 amide bonds. The first-order valence-corrected chi connectivity index (χ1v) is 10.9. The zero-order valence-electron chi connectivity index (χ0n) is 18.1. The molecule has 1 fully saturated rings. The van der Waals surface area contributed by atoms with Crippen molar-refractivity contribution in [3.8, 4) is 0 Å². The third kappa shape index (κ3) is 4.47. The molecule has 0 radical (unpaired) electrons. The number of carbonyl (C=O) groups excluding carboxylic acids is 2. The molecular formula is C26H20F2N4O2. The van der Waals surface area contributed by atoms with E-state index in [4.69, 9.17) is 0 Å². The van der Waals surface area contributed by atoms with Crippen LogP contribution < -0.4 is 10.2 Å². The number of rotatable bonds is 5. The van der Waals surface area contributed by atoms with Crippen LogP contribution in [0.2, 0.25) is 0 Å². The quantitative estimate of drug-likeness (QED) is 0.427. The Balaban J connectivity index is 1.42. The number of hydrogen-bond acceptors (Lipinski definition) is 5. The van der Waals surface area contributed by atoms with E-state index >= 15 is 0 Å². The average Bonchev–Trinajstić information content (AvgIpc) is 3.37. The minimum absolute atomic E-state index is 0.0672. The summed E-state index contributed by atoms with van der Waals surface area (Å²) in [5, 5.41) is 2.52. The van der Waals surface area contributed by atoms with E-state index in [9.17, 15) is 18.4 Å². The first kappa shape index (κ1) is 21.6. The highest BCUT2D eigenvalue weighted by atomic mass is 19.1. The van der Waals surface area contributed by atoms with Crippen molar-refractivity contribution in [2.24, 2.45) is 0 Å². The van der Waals surface area contributed by atoms with Crippen molar-refractivity contribution < 1.29 is 18.4 Å². The second-order valence-electron chi connectivity index (χ2n) is 8.15. The van der Waals surface area contributed by atoms with E-state index in [1.807, 2.05) is 0 Å². The summed E-state index contributed by atoms with van der Waals surface area (Å²) in [6, 6.07) is 13.7. The van der Waals surface area contributed by atoms with Crippen molar-refractivity contribution in [3.63, 3.8) is 0 Å². The summed E-state index contributed by atoms with van der Waals surface area (Å²) >= 11 is 0. The third-order valence-corrected chi connectivity index (χ3v) is 5.73. The van der Waals surface area contributed by atoms with Crippen molar-refractivity contribution in [3.05, 3.63) is 95.2 Å². The molecule has 0 unspecified atom stereocenters. The smallest absolute Gasteiger partial charge is 0.255 e. The van der Waals surface area contributed by atoms with Crippen LogP contribution in [0.4, 0.5) is 20.3 Å². The van der Waals surface area contributed by atoms with Gasteiger partial charge in [0.25, 0.3) is 5.91 Å². The van der Waals surface area contributed by atoms with E-state index in [1.165, 1.54) is 24.3 Å². The average molecular weight is 458 g/mol. The van der Waals surface area contributed by atoms with Crippen LogP contribution >= 0.6 is 0 Å². The number of fused-ring (bicyclic) bond motifs is 1. The lowest BCUT2D eigenvalue weighted by Gasteiger charge is -2.16. The number of halogens is 2.